The molecule has 1 heterocycles. The molecule has 0 amide bonds. The molecule has 5 fully saturated rings. The SMILES string of the molecule is OCC[C@]12CCC3C(CC[C@H]4CC5(CCC34)OCCO5)C1CC[C@@H]2O. The van der Waals surface area contributed by atoms with E-state index >= 15 is 0 Å². The first kappa shape index (κ1) is 17.0. The Bertz CT molecular complexity index is 502. The molecule has 0 radical (unpaired) electrons. The summed E-state index contributed by atoms with van der Waals surface area (Å²) in [4.78, 5) is 0. The molecule has 0 aromatic carbocycles. The zero-order chi connectivity index (χ0) is 17.1. The summed E-state index contributed by atoms with van der Waals surface area (Å²) in [6.07, 6.45) is 11.2. The van der Waals surface area contributed by atoms with Crippen molar-refractivity contribution in [1.29, 1.82) is 0 Å². The topological polar surface area (TPSA) is 58.9 Å². The van der Waals surface area contributed by atoms with E-state index in [0.717, 1.165) is 69.0 Å². The Morgan fingerprint density at radius 3 is 2.44 bits per heavy atom. The second kappa shape index (κ2) is 6.19. The Balaban J connectivity index is 1.35. The molecular formula is C21H34O4. The van der Waals surface area contributed by atoms with Crippen LogP contribution in [0.1, 0.15) is 64.2 Å². The van der Waals surface area contributed by atoms with Crippen molar-refractivity contribution >= 4 is 0 Å². The van der Waals surface area contributed by atoms with Crippen LogP contribution in [0, 0.1) is 35.0 Å². The normalized spacial score (nSPS) is 51.1. The average molecular weight is 350 g/mol. The van der Waals surface area contributed by atoms with Crippen molar-refractivity contribution in [2.24, 2.45) is 35.0 Å². The van der Waals surface area contributed by atoms with Gasteiger partial charge in [-0.05, 0) is 81.0 Å². The molecule has 25 heavy (non-hydrogen) atoms. The minimum Gasteiger partial charge on any atom is -0.396 e. The number of rotatable bonds is 2. The first-order valence-electron chi connectivity index (χ1n) is 10.7. The largest absolute Gasteiger partial charge is 0.396 e. The predicted octanol–water partition coefficient (Wildman–Crippen LogP) is 3.11. The van der Waals surface area contributed by atoms with Crippen LogP contribution in [0.2, 0.25) is 0 Å². The van der Waals surface area contributed by atoms with Crippen LogP contribution >= 0.6 is 0 Å². The summed E-state index contributed by atoms with van der Waals surface area (Å²) in [6.45, 7) is 1.77. The number of aliphatic hydroxyl groups is 2. The third kappa shape index (κ3) is 2.47. The predicted molar refractivity (Wildman–Crippen MR) is 93.8 cm³/mol. The molecule has 4 aliphatic carbocycles. The van der Waals surface area contributed by atoms with E-state index in [-0.39, 0.29) is 23.9 Å². The third-order valence-electron chi connectivity index (χ3n) is 9.01. The van der Waals surface area contributed by atoms with Gasteiger partial charge in [0.05, 0.1) is 19.3 Å². The molecule has 1 spiro atoms. The summed E-state index contributed by atoms with van der Waals surface area (Å²) in [6, 6.07) is 0. The Morgan fingerprint density at radius 1 is 0.840 bits per heavy atom. The van der Waals surface area contributed by atoms with Crippen molar-refractivity contribution in [1.82, 2.24) is 0 Å². The number of fused-ring (bicyclic) bond motifs is 5. The minimum atomic E-state index is -0.243. The highest BCUT2D eigenvalue weighted by molar-refractivity contribution is 5.08. The van der Waals surface area contributed by atoms with E-state index in [1.165, 1.54) is 32.1 Å². The van der Waals surface area contributed by atoms with Crippen LogP contribution in [0.3, 0.4) is 0 Å². The fourth-order valence-corrected chi connectivity index (χ4v) is 8.05. The molecule has 4 heteroatoms. The molecule has 7 atom stereocenters. The number of hydrogen-bond acceptors (Lipinski definition) is 4. The molecular weight excluding hydrogens is 316 g/mol. The quantitative estimate of drug-likeness (QED) is 0.803. The van der Waals surface area contributed by atoms with Crippen molar-refractivity contribution in [2.45, 2.75) is 76.1 Å². The Labute approximate surface area is 151 Å². The van der Waals surface area contributed by atoms with Gasteiger partial charge in [-0.3, -0.25) is 0 Å². The van der Waals surface area contributed by atoms with Crippen LogP contribution < -0.4 is 0 Å². The number of hydrogen-bond donors (Lipinski definition) is 2. The van der Waals surface area contributed by atoms with Crippen LogP contribution in [-0.2, 0) is 9.47 Å². The number of ether oxygens (including phenoxy) is 2. The Morgan fingerprint density at radius 2 is 1.64 bits per heavy atom. The zero-order valence-corrected chi connectivity index (χ0v) is 15.4. The molecule has 5 aliphatic rings. The van der Waals surface area contributed by atoms with E-state index < -0.39 is 0 Å². The maximum Gasteiger partial charge on any atom is 0.168 e. The summed E-state index contributed by atoms with van der Waals surface area (Å²) in [5, 5.41) is 20.4. The minimum absolute atomic E-state index is 0.0241. The van der Waals surface area contributed by atoms with Gasteiger partial charge >= 0.3 is 0 Å². The van der Waals surface area contributed by atoms with Crippen molar-refractivity contribution < 1.29 is 19.7 Å². The molecule has 5 rings (SSSR count). The van der Waals surface area contributed by atoms with Gasteiger partial charge < -0.3 is 19.7 Å². The van der Waals surface area contributed by atoms with Crippen LogP contribution in [-0.4, -0.2) is 41.9 Å². The highest BCUT2D eigenvalue weighted by Crippen LogP contribution is 2.64. The van der Waals surface area contributed by atoms with E-state index in [2.05, 4.69) is 0 Å². The lowest BCUT2D eigenvalue weighted by molar-refractivity contribution is -0.210. The Kier molecular flexibility index (Phi) is 4.20. The summed E-state index contributed by atoms with van der Waals surface area (Å²) < 4.78 is 12.0. The van der Waals surface area contributed by atoms with Gasteiger partial charge in [-0.2, -0.15) is 0 Å². The number of aliphatic hydroxyl groups excluding tert-OH is 2. The second-order valence-corrected chi connectivity index (χ2v) is 9.62. The van der Waals surface area contributed by atoms with E-state index in [0.29, 0.717) is 5.92 Å². The molecule has 4 saturated carbocycles. The van der Waals surface area contributed by atoms with E-state index in [9.17, 15) is 10.2 Å². The van der Waals surface area contributed by atoms with Crippen molar-refractivity contribution in [3.8, 4) is 0 Å². The maximum absolute atomic E-state index is 10.7. The monoisotopic (exact) mass is 350 g/mol. The van der Waals surface area contributed by atoms with E-state index in [1.54, 1.807) is 0 Å². The molecule has 142 valence electrons. The fraction of sp³-hybridized carbons (Fsp3) is 1.00. The highest BCUT2D eigenvalue weighted by atomic mass is 16.7. The van der Waals surface area contributed by atoms with Crippen LogP contribution in [0.5, 0.6) is 0 Å². The van der Waals surface area contributed by atoms with Gasteiger partial charge in [0.25, 0.3) is 0 Å². The van der Waals surface area contributed by atoms with Crippen LogP contribution in [0.4, 0.5) is 0 Å². The van der Waals surface area contributed by atoms with Gasteiger partial charge in [0.1, 0.15) is 0 Å². The molecule has 4 nitrogen and oxygen atoms in total. The van der Waals surface area contributed by atoms with Gasteiger partial charge in [0, 0.05) is 24.9 Å². The van der Waals surface area contributed by atoms with Crippen molar-refractivity contribution in [3.63, 3.8) is 0 Å². The van der Waals surface area contributed by atoms with Gasteiger partial charge in [-0.25, -0.2) is 0 Å². The highest BCUT2D eigenvalue weighted by Gasteiger charge is 2.59. The molecule has 0 aromatic heterocycles. The molecule has 4 unspecified atom stereocenters. The van der Waals surface area contributed by atoms with Gasteiger partial charge in [-0.1, -0.05) is 0 Å². The average Bonchev–Trinajstić information content (AvgIpc) is 3.20. The maximum atomic E-state index is 10.7. The lowest BCUT2D eigenvalue weighted by atomic mass is 9.49. The molecule has 0 bridgehead atoms. The Hall–Kier alpha value is -0.160. The van der Waals surface area contributed by atoms with E-state index in [1.807, 2.05) is 0 Å². The second-order valence-electron chi connectivity index (χ2n) is 9.62. The zero-order valence-electron chi connectivity index (χ0n) is 15.4. The molecule has 0 aromatic rings. The third-order valence-corrected chi connectivity index (χ3v) is 9.01. The van der Waals surface area contributed by atoms with Crippen LogP contribution in [0.15, 0.2) is 0 Å². The molecule has 1 saturated heterocycles. The van der Waals surface area contributed by atoms with Crippen LogP contribution in [0.25, 0.3) is 0 Å². The van der Waals surface area contributed by atoms with Gasteiger partial charge in [0.15, 0.2) is 5.79 Å². The lowest BCUT2D eigenvalue weighted by Gasteiger charge is -2.57. The van der Waals surface area contributed by atoms with Crippen molar-refractivity contribution in [2.75, 3.05) is 19.8 Å². The molecule has 1 aliphatic heterocycles. The lowest BCUT2D eigenvalue weighted by Crippen LogP contribution is -2.52. The van der Waals surface area contributed by atoms with E-state index in [4.69, 9.17) is 9.47 Å². The summed E-state index contributed by atoms with van der Waals surface area (Å²) in [7, 11) is 0. The summed E-state index contributed by atoms with van der Waals surface area (Å²) in [5.41, 5.74) is 0.0241. The smallest absolute Gasteiger partial charge is 0.168 e. The first-order chi connectivity index (χ1) is 12.2. The van der Waals surface area contributed by atoms with Gasteiger partial charge in [-0.15, -0.1) is 0 Å². The summed E-state index contributed by atoms with van der Waals surface area (Å²) in [5.74, 6) is 3.61. The van der Waals surface area contributed by atoms with Crippen molar-refractivity contribution in [3.05, 3.63) is 0 Å². The standard InChI is InChI=1S/C21H34O4/c22-10-9-20-7-5-16-15-6-8-21(24-11-12-25-21)13-14(15)1-2-17(16)18(20)3-4-19(20)23/h14-19,22-23H,1-13H2/t14-,15?,16?,17?,18?,19-,20+/m0/s1. The fourth-order valence-electron chi connectivity index (χ4n) is 8.05. The first-order valence-corrected chi connectivity index (χ1v) is 10.7. The summed E-state index contributed by atoms with van der Waals surface area (Å²) >= 11 is 0. The molecule has 2 N–H and O–H groups in total. The van der Waals surface area contributed by atoms with Gasteiger partial charge in [0.2, 0.25) is 0 Å².